The number of alkyl halides is 3. The molecule has 1 aromatic carbocycles. The summed E-state index contributed by atoms with van der Waals surface area (Å²) >= 11 is 0. The molecule has 0 aromatic heterocycles. The fraction of sp³-hybridized carbons (Fsp3) is 0.725. The number of hydrogen-bond donors (Lipinski definition) is 1. The van der Waals surface area contributed by atoms with E-state index in [1.807, 2.05) is 13.8 Å². The number of ether oxygens (including phenoxy) is 2. The zero-order valence-corrected chi connectivity index (χ0v) is 30.7. The fourth-order valence-corrected chi connectivity index (χ4v) is 10.9. The van der Waals surface area contributed by atoms with Crippen molar-refractivity contribution in [3.05, 3.63) is 47.0 Å². The maximum absolute atomic E-state index is 14.6. The van der Waals surface area contributed by atoms with Crippen molar-refractivity contribution < 1.29 is 42.1 Å². The zero-order valence-electron chi connectivity index (χ0n) is 30.7. The van der Waals surface area contributed by atoms with Gasteiger partial charge in [0.05, 0.1) is 5.60 Å². The van der Waals surface area contributed by atoms with Gasteiger partial charge in [-0.25, -0.2) is 4.79 Å². The van der Waals surface area contributed by atoms with Crippen LogP contribution in [0.4, 0.5) is 13.2 Å². The molecule has 6 nitrogen and oxygen atoms in total. The highest BCUT2D eigenvalue weighted by Gasteiger charge is 2.66. The monoisotopic (exact) mass is 688 g/mol. The van der Waals surface area contributed by atoms with Gasteiger partial charge in [-0.15, -0.1) is 0 Å². The van der Waals surface area contributed by atoms with Crippen molar-refractivity contribution in [3.63, 3.8) is 0 Å². The number of rotatable bonds is 9. The maximum atomic E-state index is 14.6. The molecule has 2 fully saturated rings. The summed E-state index contributed by atoms with van der Waals surface area (Å²) in [5.41, 5.74) is -4.37. The van der Waals surface area contributed by atoms with E-state index in [0.29, 0.717) is 19.3 Å². The molecule has 0 spiro atoms. The van der Waals surface area contributed by atoms with E-state index >= 15 is 0 Å². The molecule has 0 aliphatic heterocycles. The van der Waals surface area contributed by atoms with E-state index in [-0.39, 0.29) is 52.0 Å². The third-order valence-electron chi connectivity index (χ3n) is 14.2. The van der Waals surface area contributed by atoms with E-state index in [1.54, 1.807) is 6.07 Å². The molecule has 1 aromatic rings. The highest BCUT2D eigenvalue weighted by atomic mass is 19.4. The molecule has 0 unspecified atom stereocenters. The minimum atomic E-state index is -5.12. The Balaban J connectivity index is 1.38. The SMILES string of the molecule is CO[C@](C(=O)O[C@@H](CC[C@@H](C)[C@H]1CC[C@@]2(C)C3=C(CC[C@]12C)[C@@]1(C)CCC(=O)C(C)(C)[C@@H]1CC3=O)C(C)(C)O)(c1ccccc1)C(F)(F)F. The van der Waals surface area contributed by atoms with Gasteiger partial charge in [0.25, 0.3) is 5.60 Å². The lowest BCUT2D eigenvalue weighted by atomic mass is 9.43. The Morgan fingerprint density at radius 3 is 2.18 bits per heavy atom. The van der Waals surface area contributed by atoms with Gasteiger partial charge in [0.15, 0.2) is 5.78 Å². The first kappa shape index (κ1) is 37.7. The van der Waals surface area contributed by atoms with Gasteiger partial charge in [-0.05, 0) is 87.4 Å². The van der Waals surface area contributed by atoms with Crippen molar-refractivity contribution in [2.45, 2.75) is 137 Å². The molecule has 49 heavy (non-hydrogen) atoms. The smallest absolute Gasteiger partial charge is 0.432 e. The molecule has 5 rings (SSSR count). The van der Waals surface area contributed by atoms with Gasteiger partial charge in [-0.3, -0.25) is 9.59 Å². The minimum absolute atomic E-state index is 0.00543. The Morgan fingerprint density at radius 2 is 1.61 bits per heavy atom. The second-order valence-corrected chi connectivity index (χ2v) is 17.3. The highest BCUT2D eigenvalue weighted by molar-refractivity contribution is 6.00. The summed E-state index contributed by atoms with van der Waals surface area (Å²) in [6, 6.07) is 6.69. The quantitative estimate of drug-likeness (QED) is 0.261. The number of fused-ring (bicyclic) bond motifs is 4. The average molecular weight is 689 g/mol. The number of esters is 1. The lowest BCUT2D eigenvalue weighted by Gasteiger charge is -2.60. The van der Waals surface area contributed by atoms with E-state index in [9.17, 15) is 32.7 Å². The van der Waals surface area contributed by atoms with Crippen LogP contribution in [0, 0.1) is 39.4 Å². The van der Waals surface area contributed by atoms with E-state index < -0.39 is 40.4 Å². The number of methoxy groups -OCH3 is 1. The van der Waals surface area contributed by atoms with Crippen LogP contribution in [0.3, 0.4) is 0 Å². The summed E-state index contributed by atoms with van der Waals surface area (Å²) in [6.45, 7) is 15.8. The molecule has 9 heteroatoms. The molecule has 0 radical (unpaired) electrons. The number of allylic oxidation sites excluding steroid dienone is 2. The van der Waals surface area contributed by atoms with Crippen molar-refractivity contribution in [2.75, 3.05) is 7.11 Å². The number of benzene rings is 1. The van der Waals surface area contributed by atoms with Gasteiger partial charge >= 0.3 is 12.1 Å². The second-order valence-electron chi connectivity index (χ2n) is 17.3. The van der Waals surface area contributed by atoms with E-state index in [2.05, 4.69) is 27.7 Å². The van der Waals surface area contributed by atoms with Crippen LogP contribution in [0.2, 0.25) is 0 Å². The lowest BCUT2D eigenvalue weighted by molar-refractivity contribution is -0.281. The third kappa shape index (κ3) is 5.64. The van der Waals surface area contributed by atoms with Gasteiger partial charge in [0.1, 0.15) is 11.9 Å². The number of aliphatic hydroxyl groups is 1. The largest absolute Gasteiger partial charge is 0.457 e. The van der Waals surface area contributed by atoms with E-state index in [0.717, 1.165) is 44.8 Å². The van der Waals surface area contributed by atoms with Crippen LogP contribution in [0.1, 0.15) is 119 Å². The van der Waals surface area contributed by atoms with Crippen molar-refractivity contribution in [3.8, 4) is 0 Å². The van der Waals surface area contributed by atoms with Crippen LogP contribution in [-0.2, 0) is 29.5 Å². The van der Waals surface area contributed by atoms with Crippen molar-refractivity contribution in [1.82, 2.24) is 0 Å². The van der Waals surface area contributed by atoms with Crippen LogP contribution in [0.15, 0.2) is 41.5 Å². The Kier molecular flexibility index (Phi) is 9.48. The molecule has 272 valence electrons. The van der Waals surface area contributed by atoms with Crippen molar-refractivity contribution in [2.24, 2.45) is 39.4 Å². The molecule has 0 amide bonds. The Labute approximate surface area is 289 Å². The first-order valence-corrected chi connectivity index (χ1v) is 17.9. The van der Waals surface area contributed by atoms with Crippen LogP contribution in [-0.4, -0.2) is 47.6 Å². The third-order valence-corrected chi connectivity index (χ3v) is 14.2. The van der Waals surface area contributed by atoms with Crippen LogP contribution in [0.5, 0.6) is 0 Å². The van der Waals surface area contributed by atoms with Gasteiger partial charge in [-0.2, -0.15) is 13.2 Å². The summed E-state index contributed by atoms with van der Waals surface area (Å²) < 4.78 is 54.3. The summed E-state index contributed by atoms with van der Waals surface area (Å²) in [4.78, 5) is 40.6. The topological polar surface area (TPSA) is 89.9 Å². The minimum Gasteiger partial charge on any atom is -0.457 e. The van der Waals surface area contributed by atoms with Crippen LogP contribution >= 0.6 is 0 Å². The summed E-state index contributed by atoms with van der Waals surface area (Å²) in [6.07, 6.45) is -0.513. The summed E-state index contributed by atoms with van der Waals surface area (Å²) in [7, 11) is 0.831. The molecule has 1 N–H and O–H groups in total. The molecular weight excluding hydrogens is 633 g/mol. The molecule has 8 atom stereocenters. The highest BCUT2D eigenvalue weighted by Crippen LogP contribution is 2.71. The van der Waals surface area contributed by atoms with E-state index in [4.69, 9.17) is 9.47 Å². The molecule has 0 saturated heterocycles. The number of carbonyl (C=O) groups excluding carboxylic acids is 3. The zero-order chi connectivity index (χ0) is 36.6. The lowest BCUT2D eigenvalue weighted by Crippen LogP contribution is -2.56. The first-order chi connectivity index (χ1) is 22.5. The molecule has 4 aliphatic carbocycles. The van der Waals surface area contributed by atoms with Gasteiger partial charge in [-0.1, -0.05) is 77.4 Å². The van der Waals surface area contributed by atoms with Gasteiger partial charge < -0.3 is 14.6 Å². The maximum Gasteiger partial charge on any atom is 0.432 e. The summed E-state index contributed by atoms with van der Waals surface area (Å²) in [5.74, 6) is -0.903. The normalized spacial score (nSPS) is 34.0. The number of carbonyl (C=O) groups is 3. The average Bonchev–Trinajstić information content (AvgIpc) is 3.29. The molecule has 2 saturated carbocycles. The fourth-order valence-electron chi connectivity index (χ4n) is 10.9. The molecule has 4 aliphatic rings. The van der Waals surface area contributed by atoms with Gasteiger partial charge in [0.2, 0.25) is 0 Å². The predicted molar refractivity (Wildman–Crippen MR) is 180 cm³/mol. The Hall–Kier alpha value is -2.52. The van der Waals surface area contributed by atoms with Crippen molar-refractivity contribution in [1.29, 1.82) is 0 Å². The Morgan fingerprint density at radius 1 is 0.980 bits per heavy atom. The van der Waals surface area contributed by atoms with E-state index in [1.165, 1.54) is 43.7 Å². The summed E-state index contributed by atoms with van der Waals surface area (Å²) in [5, 5.41) is 11.1. The number of ketones is 2. The predicted octanol–water partition coefficient (Wildman–Crippen LogP) is 8.69. The van der Waals surface area contributed by atoms with Crippen LogP contribution < -0.4 is 0 Å². The Bertz CT molecular complexity index is 1510. The molecular formula is C40H55F3O6. The number of hydrogen-bond acceptors (Lipinski definition) is 6. The van der Waals surface area contributed by atoms with Gasteiger partial charge in [0, 0.05) is 41.9 Å². The second kappa shape index (κ2) is 12.3. The number of Topliss-reactive ketones (excluding diaryl/α,β-unsaturated/α-hetero) is 2. The number of halogens is 3. The standard InChI is InChI=1S/C40H55F3O6/c1-24(15-16-31(35(4,5)47)49-33(46)39(48-9,40(41,42)43)25-13-11-10-12-14-25)26-17-22-38(8)32-27(18-21-37(26,38)7)36(6)20-19-30(45)34(2,3)29(36)23-28(32)44/h10-14,24,26,29,31,47H,15-23H2,1-9H3/t24-,26-,29+,31+,36-,37-,38+,39+/m1/s1. The molecule has 0 bridgehead atoms. The first-order valence-electron chi connectivity index (χ1n) is 17.9. The molecule has 0 heterocycles. The van der Waals surface area contributed by atoms with Crippen molar-refractivity contribution >= 4 is 17.5 Å². The van der Waals surface area contributed by atoms with Crippen LogP contribution in [0.25, 0.3) is 0 Å².